The molecule has 0 bridgehead atoms. The van der Waals surface area contributed by atoms with Crippen LogP contribution in [0, 0.1) is 10.1 Å². The third kappa shape index (κ3) is 2.80. The molecule has 1 aromatic carbocycles. The van der Waals surface area contributed by atoms with Gasteiger partial charge in [0.25, 0.3) is 5.69 Å². The number of ether oxygens (including phenoxy) is 1. The van der Waals surface area contributed by atoms with Crippen molar-refractivity contribution >= 4 is 22.6 Å². The van der Waals surface area contributed by atoms with Gasteiger partial charge >= 0.3 is 0 Å². The first-order valence-corrected chi connectivity index (χ1v) is 9.21. The first-order valence-electron chi connectivity index (χ1n) is 8.33. The van der Waals surface area contributed by atoms with Gasteiger partial charge < -0.3 is 9.64 Å². The van der Waals surface area contributed by atoms with Gasteiger partial charge in [0.15, 0.2) is 5.17 Å². The molecule has 2 aliphatic rings. The van der Waals surface area contributed by atoms with Crippen molar-refractivity contribution in [1.29, 1.82) is 0 Å². The number of hydrogen-bond acceptors (Lipinski definition) is 7. The van der Waals surface area contributed by atoms with E-state index in [-0.39, 0.29) is 22.7 Å². The topological polar surface area (TPSA) is 80.9 Å². The molecule has 1 aromatic heterocycles. The van der Waals surface area contributed by atoms with E-state index in [0.29, 0.717) is 11.0 Å². The van der Waals surface area contributed by atoms with Crippen molar-refractivity contribution in [3.63, 3.8) is 0 Å². The van der Waals surface area contributed by atoms with Gasteiger partial charge in [-0.3, -0.25) is 20.1 Å². The highest BCUT2D eigenvalue weighted by atomic mass is 32.2. The highest BCUT2D eigenvalue weighted by Gasteiger charge is 2.45. The molecule has 7 nitrogen and oxygen atoms in total. The average Bonchev–Trinajstić information content (AvgIpc) is 3.17. The first-order chi connectivity index (χ1) is 12.6. The second kappa shape index (κ2) is 6.60. The number of non-ortho nitro benzene ring substituents is 1. The van der Waals surface area contributed by atoms with Gasteiger partial charge in [0, 0.05) is 35.7 Å². The van der Waals surface area contributed by atoms with Crippen molar-refractivity contribution in [3.8, 4) is 5.75 Å². The second-order valence-corrected chi connectivity index (χ2v) is 7.73. The summed E-state index contributed by atoms with van der Waals surface area (Å²) in [6.45, 7) is 2.99. The van der Waals surface area contributed by atoms with Gasteiger partial charge in [-0.05, 0) is 18.2 Å². The minimum Gasteiger partial charge on any atom is -0.496 e. The van der Waals surface area contributed by atoms with Crippen molar-refractivity contribution in [2.75, 3.05) is 13.7 Å². The number of pyridine rings is 1. The van der Waals surface area contributed by atoms with Crippen LogP contribution in [0.15, 0.2) is 47.6 Å². The molecule has 8 heteroatoms. The number of nitrogens with zero attached hydrogens (tertiary/aromatic N) is 4. The third-order valence-electron chi connectivity index (χ3n) is 4.62. The van der Waals surface area contributed by atoms with Crippen LogP contribution >= 0.6 is 11.8 Å². The Labute approximate surface area is 155 Å². The quantitative estimate of drug-likeness (QED) is 0.604. The van der Waals surface area contributed by atoms with Crippen molar-refractivity contribution in [1.82, 2.24) is 9.88 Å². The minimum atomic E-state index is -0.378. The number of fused-ring (bicyclic) bond motifs is 1. The fourth-order valence-electron chi connectivity index (χ4n) is 3.52. The Kier molecular flexibility index (Phi) is 4.28. The third-order valence-corrected chi connectivity index (χ3v) is 5.73. The van der Waals surface area contributed by atoms with E-state index >= 15 is 0 Å². The van der Waals surface area contributed by atoms with E-state index in [0.717, 1.165) is 23.0 Å². The number of methoxy groups -OCH3 is 1. The maximum atomic E-state index is 11.3. The van der Waals surface area contributed by atoms with Crippen molar-refractivity contribution in [2.45, 2.75) is 24.3 Å². The van der Waals surface area contributed by atoms with E-state index in [4.69, 9.17) is 9.73 Å². The normalized spacial score (nSPS) is 24.3. The van der Waals surface area contributed by atoms with Crippen molar-refractivity contribution in [2.24, 2.45) is 4.99 Å². The number of rotatable bonds is 4. The predicted octanol–water partition coefficient (Wildman–Crippen LogP) is 3.59. The molecule has 1 fully saturated rings. The van der Waals surface area contributed by atoms with Gasteiger partial charge in [-0.1, -0.05) is 24.8 Å². The fourth-order valence-corrected chi connectivity index (χ4v) is 4.61. The molecule has 2 aliphatic heterocycles. The second-order valence-electron chi connectivity index (χ2n) is 6.32. The molecule has 3 atom stereocenters. The summed E-state index contributed by atoms with van der Waals surface area (Å²) >= 11 is 1.73. The number of aliphatic imine (C=N–C) groups is 1. The molecular weight excluding hydrogens is 352 g/mol. The Bertz CT molecular complexity index is 874. The first kappa shape index (κ1) is 16.8. The van der Waals surface area contributed by atoms with E-state index in [9.17, 15) is 10.1 Å². The number of nitro benzene ring substituents is 1. The van der Waals surface area contributed by atoms with Crippen molar-refractivity contribution < 1.29 is 9.66 Å². The van der Waals surface area contributed by atoms with Gasteiger partial charge in [0.2, 0.25) is 0 Å². The number of thioether (sulfide) groups is 1. The molecular formula is C18H18N4O3S. The zero-order valence-corrected chi connectivity index (χ0v) is 15.2. The highest BCUT2D eigenvalue weighted by molar-refractivity contribution is 8.14. The number of hydrogen-bond donors (Lipinski definition) is 0. The van der Waals surface area contributed by atoms with Crippen LogP contribution in [0.4, 0.5) is 5.69 Å². The van der Waals surface area contributed by atoms with E-state index in [2.05, 4.69) is 16.8 Å². The highest BCUT2D eigenvalue weighted by Crippen LogP contribution is 2.50. The van der Waals surface area contributed by atoms with Crippen LogP contribution in [0.5, 0.6) is 5.75 Å². The summed E-state index contributed by atoms with van der Waals surface area (Å²) in [7, 11) is 1.58. The maximum absolute atomic E-state index is 11.3. The summed E-state index contributed by atoms with van der Waals surface area (Å²) in [5.41, 5.74) is 1.67. The summed E-state index contributed by atoms with van der Waals surface area (Å²) in [5.74, 6) is 0.627. The van der Waals surface area contributed by atoms with Gasteiger partial charge in [-0.2, -0.15) is 0 Å². The van der Waals surface area contributed by atoms with Crippen LogP contribution in [-0.2, 0) is 0 Å². The smallest absolute Gasteiger partial charge is 0.270 e. The molecule has 134 valence electrons. The van der Waals surface area contributed by atoms with Gasteiger partial charge in [-0.15, -0.1) is 0 Å². The van der Waals surface area contributed by atoms with Crippen LogP contribution < -0.4 is 4.74 Å². The van der Waals surface area contributed by atoms with Crippen LogP contribution in [0.25, 0.3) is 0 Å². The fraction of sp³-hybridized carbons (Fsp3) is 0.333. The number of amidine groups is 1. The summed E-state index contributed by atoms with van der Waals surface area (Å²) in [5, 5.41) is 12.7. The molecule has 0 N–H and O–H groups in total. The van der Waals surface area contributed by atoms with Gasteiger partial charge in [-0.25, -0.2) is 0 Å². The number of benzene rings is 1. The minimum absolute atomic E-state index is 0.0499. The standard InChI is InChI=1S/C18H18N4O3S/c1-11-10-21-17(13-9-12(22(23)24)6-7-15(13)25-2)16(20-18(21)26-11)14-5-3-4-8-19-14/h3-9,11,16-17H,10H2,1-2H3/t11-,16-,17-/m1/s1. The molecule has 0 amide bonds. The Morgan fingerprint density at radius 3 is 2.88 bits per heavy atom. The SMILES string of the molecule is COc1ccc([N+](=O)[O-])cc1[C@@H]1[C@@H](c2ccccn2)N=C2S[C@H](C)CN21. The lowest BCUT2D eigenvalue weighted by Crippen LogP contribution is -2.29. The summed E-state index contributed by atoms with van der Waals surface area (Å²) < 4.78 is 5.52. The molecule has 0 unspecified atom stereocenters. The zero-order chi connectivity index (χ0) is 18.3. The van der Waals surface area contributed by atoms with Crippen LogP contribution in [0.1, 0.15) is 30.3 Å². The van der Waals surface area contributed by atoms with Gasteiger partial charge in [0.1, 0.15) is 11.8 Å². The molecule has 0 spiro atoms. The summed E-state index contributed by atoms with van der Waals surface area (Å²) in [4.78, 5) is 22.5. The Balaban J connectivity index is 1.84. The Morgan fingerprint density at radius 1 is 1.35 bits per heavy atom. The largest absolute Gasteiger partial charge is 0.496 e. The predicted molar refractivity (Wildman–Crippen MR) is 101 cm³/mol. The van der Waals surface area contributed by atoms with Crippen LogP contribution in [0.2, 0.25) is 0 Å². The van der Waals surface area contributed by atoms with E-state index in [1.165, 1.54) is 6.07 Å². The molecule has 4 rings (SSSR count). The molecule has 0 saturated carbocycles. The van der Waals surface area contributed by atoms with E-state index in [1.807, 2.05) is 18.2 Å². The number of nitro groups is 1. The Hall–Kier alpha value is -2.61. The lowest BCUT2D eigenvalue weighted by molar-refractivity contribution is -0.385. The molecule has 1 saturated heterocycles. The summed E-state index contributed by atoms with van der Waals surface area (Å²) in [6, 6.07) is 10.1. The van der Waals surface area contributed by atoms with E-state index < -0.39 is 0 Å². The molecule has 0 aliphatic carbocycles. The molecule has 0 radical (unpaired) electrons. The lowest BCUT2D eigenvalue weighted by Gasteiger charge is -2.28. The average molecular weight is 370 g/mol. The number of aromatic nitrogens is 1. The van der Waals surface area contributed by atoms with Crippen LogP contribution in [-0.4, -0.2) is 38.9 Å². The maximum Gasteiger partial charge on any atom is 0.270 e. The Morgan fingerprint density at radius 2 is 2.19 bits per heavy atom. The van der Waals surface area contributed by atoms with Gasteiger partial charge in [0.05, 0.1) is 23.8 Å². The monoisotopic (exact) mass is 370 g/mol. The zero-order valence-electron chi connectivity index (χ0n) is 14.4. The molecule has 3 heterocycles. The lowest BCUT2D eigenvalue weighted by atomic mass is 9.95. The molecule has 2 aromatic rings. The van der Waals surface area contributed by atoms with E-state index in [1.54, 1.807) is 37.2 Å². The van der Waals surface area contributed by atoms with Crippen LogP contribution in [0.3, 0.4) is 0 Å². The molecule has 26 heavy (non-hydrogen) atoms. The summed E-state index contributed by atoms with van der Waals surface area (Å²) in [6.07, 6.45) is 1.75. The van der Waals surface area contributed by atoms with Crippen molar-refractivity contribution in [3.05, 3.63) is 64.0 Å².